The first-order valence-corrected chi connectivity index (χ1v) is 11.1. The van der Waals surface area contributed by atoms with Crippen molar-refractivity contribution in [2.24, 2.45) is 0 Å². The van der Waals surface area contributed by atoms with Gasteiger partial charge in [-0.25, -0.2) is 0 Å². The van der Waals surface area contributed by atoms with Crippen molar-refractivity contribution >= 4 is 5.91 Å². The Morgan fingerprint density at radius 2 is 1.04 bits per heavy atom. The van der Waals surface area contributed by atoms with Crippen LogP contribution in [0.15, 0.2) is 0 Å². The molecular weight excluding hydrogens is 326 g/mol. The molecule has 0 atom stereocenters. The number of hydrogen-bond acceptors (Lipinski definition) is 3. The largest absolute Gasteiger partial charge is 0.394 e. The number of amides is 1. The molecule has 4 heteroatoms. The lowest BCUT2D eigenvalue weighted by Gasteiger charge is -2.26. The molecule has 4 nitrogen and oxygen atoms in total. The Morgan fingerprint density at radius 3 is 1.38 bits per heavy atom. The maximum Gasteiger partial charge on any atom is 0.220 e. The van der Waals surface area contributed by atoms with Gasteiger partial charge in [0.1, 0.15) is 0 Å². The summed E-state index contributed by atoms with van der Waals surface area (Å²) in [6.45, 7) is 3.43. The number of carbonyl (C=O) groups is 1. The molecule has 0 rings (SSSR count). The average Bonchev–Trinajstić information content (AvgIpc) is 2.64. The first-order chi connectivity index (χ1) is 12.6. The van der Waals surface area contributed by atoms with Gasteiger partial charge >= 0.3 is 0 Å². The Morgan fingerprint density at radius 1 is 0.692 bits per heavy atom. The van der Waals surface area contributed by atoms with Crippen LogP contribution in [0.5, 0.6) is 0 Å². The van der Waals surface area contributed by atoms with Gasteiger partial charge in [0, 0.05) is 6.42 Å². The molecule has 0 radical (unpaired) electrons. The van der Waals surface area contributed by atoms with E-state index in [1.807, 2.05) is 0 Å². The van der Waals surface area contributed by atoms with E-state index in [0.29, 0.717) is 6.42 Å². The molecule has 0 saturated carbocycles. The highest BCUT2D eigenvalue weighted by molar-refractivity contribution is 5.76. The second kappa shape index (κ2) is 17.8. The number of unbranched alkanes of at least 4 members (excludes halogenated alkanes) is 14. The molecule has 1 amide bonds. The molecular formula is C22H45NO3. The fraction of sp³-hybridized carbons (Fsp3) is 0.955. The molecule has 0 aromatic rings. The number of aliphatic hydroxyl groups is 2. The fourth-order valence-electron chi connectivity index (χ4n) is 3.19. The molecule has 0 fully saturated rings. The van der Waals surface area contributed by atoms with Crippen LogP contribution < -0.4 is 5.32 Å². The standard InChI is InChI=1S/C22H45NO3/c1-3-4-5-6-7-8-9-10-11-12-13-14-15-16-17-18-21(26)23-22(2,19-24)20-25/h24-25H,3-20H2,1-2H3,(H,23,26). The molecule has 0 aromatic heterocycles. The normalized spacial score (nSPS) is 11.7. The van der Waals surface area contributed by atoms with E-state index in [1.54, 1.807) is 6.92 Å². The highest BCUT2D eigenvalue weighted by atomic mass is 16.3. The van der Waals surface area contributed by atoms with Gasteiger partial charge in [0.2, 0.25) is 5.91 Å². The number of rotatable bonds is 19. The maximum absolute atomic E-state index is 11.8. The van der Waals surface area contributed by atoms with Gasteiger partial charge in [-0.15, -0.1) is 0 Å². The van der Waals surface area contributed by atoms with E-state index in [0.717, 1.165) is 12.8 Å². The van der Waals surface area contributed by atoms with Crippen LogP contribution in [0.3, 0.4) is 0 Å². The molecule has 0 aliphatic rings. The minimum atomic E-state index is -0.896. The fourth-order valence-corrected chi connectivity index (χ4v) is 3.19. The summed E-state index contributed by atoms with van der Waals surface area (Å²) in [5, 5.41) is 21.0. The van der Waals surface area contributed by atoms with Crippen molar-refractivity contribution in [1.29, 1.82) is 0 Å². The lowest BCUT2D eigenvalue weighted by molar-refractivity contribution is -0.124. The van der Waals surface area contributed by atoms with E-state index < -0.39 is 5.54 Å². The van der Waals surface area contributed by atoms with Gasteiger partial charge in [0.05, 0.1) is 18.8 Å². The Hall–Kier alpha value is -0.610. The highest BCUT2D eigenvalue weighted by Gasteiger charge is 2.23. The third-order valence-electron chi connectivity index (χ3n) is 5.15. The van der Waals surface area contributed by atoms with Gasteiger partial charge in [-0.1, -0.05) is 96.8 Å². The second-order valence-corrected chi connectivity index (χ2v) is 8.12. The first-order valence-electron chi connectivity index (χ1n) is 11.1. The maximum atomic E-state index is 11.8. The number of nitrogens with one attached hydrogen (secondary N) is 1. The summed E-state index contributed by atoms with van der Waals surface area (Å²) in [5.41, 5.74) is -0.896. The lowest BCUT2D eigenvalue weighted by atomic mass is 10.0. The summed E-state index contributed by atoms with van der Waals surface area (Å²) in [5.74, 6) is -0.0784. The molecule has 156 valence electrons. The molecule has 0 saturated heterocycles. The first kappa shape index (κ1) is 25.4. The number of carbonyl (C=O) groups excluding carboxylic acids is 1. The van der Waals surface area contributed by atoms with Gasteiger partial charge in [-0.2, -0.15) is 0 Å². The molecule has 0 aromatic carbocycles. The van der Waals surface area contributed by atoms with Crippen molar-refractivity contribution in [1.82, 2.24) is 5.32 Å². The second-order valence-electron chi connectivity index (χ2n) is 8.12. The number of aliphatic hydroxyl groups excluding tert-OH is 2. The van der Waals surface area contributed by atoms with Crippen LogP contribution in [-0.2, 0) is 4.79 Å². The monoisotopic (exact) mass is 371 g/mol. The number of hydrogen-bond donors (Lipinski definition) is 3. The summed E-state index contributed by atoms with van der Waals surface area (Å²) in [6, 6.07) is 0. The van der Waals surface area contributed by atoms with E-state index in [4.69, 9.17) is 10.2 Å². The quantitative estimate of drug-likeness (QED) is 0.276. The van der Waals surface area contributed by atoms with Gasteiger partial charge in [-0.05, 0) is 13.3 Å². The van der Waals surface area contributed by atoms with E-state index in [2.05, 4.69) is 12.2 Å². The predicted molar refractivity (Wildman–Crippen MR) is 110 cm³/mol. The third-order valence-corrected chi connectivity index (χ3v) is 5.15. The molecule has 0 heterocycles. The van der Waals surface area contributed by atoms with E-state index in [1.165, 1.54) is 83.5 Å². The summed E-state index contributed by atoms with van der Waals surface area (Å²) in [7, 11) is 0. The Balaban J connectivity index is 3.28. The van der Waals surface area contributed by atoms with Gasteiger partial charge in [-0.3, -0.25) is 4.79 Å². The average molecular weight is 372 g/mol. The van der Waals surface area contributed by atoms with Crippen LogP contribution in [0.1, 0.15) is 117 Å². The van der Waals surface area contributed by atoms with E-state index in [-0.39, 0.29) is 19.1 Å². The zero-order chi connectivity index (χ0) is 19.5. The van der Waals surface area contributed by atoms with Gasteiger partial charge in [0.15, 0.2) is 0 Å². The molecule has 0 aliphatic carbocycles. The van der Waals surface area contributed by atoms with Crippen LogP contribution in [0.4, 0.5) is 0 Å². The van der Waals surface area contributed by atoms with Gasteiger partial charge < -0.3 is 15.5 Å². The molecule has 0 unspecified atom stereocenters. The molecule has 3 N–H and O–H groups in total. The van der Waals surface area contributed by atoms with Gasteiger partial charge in [0.25, 0.3) is 0 Å². The SMILES string of the molecule is CCCCCCCCCCCCCCCCCC(=O)NC(C)(CO)CO. The predicted octanol–water partition coefficient (Wildman–Crippen LogP) is 5.11. The minimum absolute atomic E-state index is 0.0784. The Bertz CT molecular complexity index is 317. The van der Waals surface area contributed by atoms with E-state index in [9.17, 15) is 4.79 Å². The summed E-state index contributed by atoms with van der Waals surface area (Å²) in [4.78, 5) is 11.8. The van der Waals surface area contributed by atoms with Crippen molar-refractivity contribution in [3.8, 4) is 0 Å². The van der Waals surface area contributed by atoms with Crippen molar-refractivity contribution in [3.63, 3.8) is 0 Å². The summed E-state index contributed by atoms with van der Waals surface area (Å²) < 4.78 is 0. The third kappa shape index (κ3) is 15.6. The van der Waals surface area contributed by atoms with Crippen LogP contribution in [0.2, 0.25) is 0 Å². The van der Waals surface area contributed by atoms with Crippen LogP contribution in [0, 0.1) is 0 Å². The zero-order valence-corrected chi connectivity index (χ0v) is 17.5. The van der Waals surface area contributed by atoms with Crippen LogP contribution >= 0.6 is 0 Å². The van der Waals surface area contributed by atoms with Crippen molar-refractivity contribution in [2.45, 2.75) is 122 Å². The smallest absolute Gasteiger partial charge is 0.220 e. The zero-order valence-electron chi connectivity index (χ0n) is 17.5. The molecule has 0 aliphatic heterocycles. The minimum Gasteiger partial charge on any atom is -0.394 e. The summed E-state index contributed by atoms with van der Waals surface area (Å²) >= 11 is 0. The molecule has 0 bridgehead atoms. The van der Waals surface area contributed by atoms with Crippen molar-refractivity contribution in [3.05, 3.63) is 0 Å². The Labute approximate surface area is 162 Å². The Kier molecular flexibility index (Phi) is 17.4. The van der Waals surface area contributed by atoms with Crippen molar-refractivity contribution in [2.75, 3.05) is 13.2 Å². The highest BCUT2D eigenvalue weighted by Crippen LogP contribution is 2.13. The van der Waals surface area contributed by atoms with Crippen molar-refractivity contribution < 1.29 is 15.0 Å². The van der Waals surface area contributed by atoms with E-state index >= 15 is 0 Å². The molecule has 0 spiro atoms. The molecule has 26 heavy (non-hydrogen) atoms. The lowest BCUT2D eigenvalue weighted by Crippen LogP contribution is -2.51. The van der Waals surface area contributed by atoms with Crippen LogP contribution in [-0.4, -0.2) is 34.9 Å². The topological polar surface area (TPSA) is 69.6 Å². The van der Waals surface area contributed by atoms with Crippen LogP contribution in [0.25, 0.3) is 0 Å². The summed E-state index contributed by atoms with van der Waals surface area (Å²) in [6.07, 6.45) is 20.2.